The molecule has 0 saturated heterocycles. The molecule has 7 heteroatoms. The quantitative estimate of drug-likeness (QED) is 0.487. The topological polar surface area (TPSA) is 66.9 Å². The summed E-state index contributed by atoms with van der Waals surface area (Å²) in [4.78, 5) is 21.2. The van der Waals surface area contributed by atoms with Crippen molar-refractivity contribution in [1.82, 2.24) is 15.4 Å². The summed E-state index contributed by atoms with van der Waals surface area (Å²) in [6, 6.07) is 20.2. The van der Waals surface area contributed by atoms with Gasteiger partial charge in [-0.1, -0.05) is 41.9 Å². The molecule has 1 amide bonds. The van der Waals surface area contributed by atoms with Crippen LogP contribution in [0.2, 0.25) is 5.02 Å². The van der Waals surface area contributed by atoms with Gasteiger partial charge in [-0.05, 0) is 42.5 Å². The van der Waals surface area contributed by atoms with Gasteiger partial charge in [-0.15, -0.1) is 0 Å². The summed E-state index contributed by atoms with van der Waals surface area (Å²) in [6.45, 7) is 0. The fraction of sp³-hybridized carbons (Fsp3) is 0. The maximum Gasteiger partial charge on any atom is 0.269 e. The highest BCUT2D eigenvalue weighted by Gasteiger charge is 2.12. The van der Waals surface area contributed by atoms with Crippen molar-refractivity contribution in [2.45, 2.75) is 0 Å². The van der Waals surface area contributed by atoms with Crippen LogP contribution in [0.5, 0.6) is 0 Å². The van der Waals surface area contributed by atoms with E-state index in [0.717, 1.165) is 10.9 Å². The Morgan fingerprint density at radius 1 is 0.929 bits per heavy atom. The van der Waals surface area contributed by atoms with Crippen LogP contribution >= 0.6 is 11.6 Å². The fourth-order valence-corrected chi connectivity index (χ4v) is 2.93. The lowest BCUT2D eigenvalue weighted by atomic mass is 10.1. The van der Waals surface area contributed by atoms with Gasteiger partial charge in [0.25, 0.3) is 5.91 Å². The predicted octanol–water partition coefficient (Wildman–Crippen LogP) is 4.85. The van der Waals surface area contributed by atoms with Gasteiger partial charge < -0.3 is 0 Å². The molecule has 1 heterocycles. The lowest BCUT2D eigenvalue weighted by Gasteiger charge is -2.11. The highest BCUT2D eigenvalue weighted by Crippen LogP contribution is 2.29. The number of carbonyl (C=O) groups is 1. The van der Waals surface area contributed by atoms with Crippen LogP contribution in [0.1, 0.15) is 10.4 Å². The van der Waals surface area contributed by atoms with E-state index in [2.05, 4.69) is 20.8 Å². The van der Waals surface area contributed by atoms with Crippen molar-refractivity contribution in [3.05, 3.63) is 89.2 Å². The number of hydrogen-bond acceptors (Lipinski definition) is 4. The number of amides is 1. The molecule has 4 aromatic rings. The summed E-state index contributed by atoms with van der Waals surface area (Å²) in [6.07, 6.45) is 0. The van der Waals surface area contributed by atoms with Crippen molar-refractivity contribution in [2.75, 3.05) is 5.43 Å². The Morgan fingerprint density at radius 3 is 2.43 bits per heavy atom. The first-order valence-electron chi connectivity index (χ1n) is 8.45. The number of hydrogen-bond donors (Lipinski definition) is 2. The largest absolute Gasteiger partial charge is 0.269 e. The van der Waals surface area contributed by atoms with E-state index in [0.29, 0.717) is 21.8 Å². The van der Waals surface area contributed by atoms with E-state index in [1.54, 1.807) is 18.2 Å². The van der Waals surface area contributed by atoms with Crippen LogP contribution in [0.4, 0.5) is 10.3 Å². The van der Waals surface area contributed by atoms with E-state index in [9.17, 15) is 9.18 Å². The number of hydrazine groups is 1. The molecule has 0 radical (unpaired) electrons. The number of carbonyl (C=O) groups excluding carboxylic acids is 1. The second-order valence-electron chi connectivity index (χ2n) is 6.01. The van der Waals surface area contributed by atoms with E-state index in [-0.39, 0.29) is 5.95 Å². The Kier molecular flexibility index (Phi) is 4.87. The van der Waals surface area contributed by atoms with Crippen molar-refractivity contribution in [1.29, 1.82) is 0 Å². The number of benzene rings is 3. The smallest absolute Gasteiger partial charge is 0.267 e. The Balaban J connectivity index is 1.67. The highest BCUT2D eigenvalue weighted by molar-refractivity contribution is 6.31. The number of rotatable bonds is 4. The van der Waals surface area contributed by atoms with Gasteiger partial charge in [0.15, 0.2) is 0 Å². The summed E-state index contributed by atoms with van der Waals surface area (Å²) in [7, 11) is 0. The van der Waals surface area contributed by atoms with Gasteiger partial charge in [-0.2, -0.15) is 0 Å². The first-order chi connectivity index (χ1) is 13.6. The lowest BCUT2D eigenvalue weighted by molar-refractivity contribution is 0.0962. The molecular formula is C21H14ClFN4O. The molecule has 3 aromatic carbocycles. The molecule has 4 rings (SSSR count). The molecule has 138 valence electrons. The van der Waals surface area contributed by atoms with Gasteiger partial charge in [0.2, 0.25) is 5.95 Å². The second-order valence-corrected chi connectivity index (χ2v) is 6.45. The van der Waals surface area contributed by atoms with Crippen LogP contribution in [0.25, 0.3) is 22.2 Å². The minimum absolute atomic E-state index is 0.226. The molecule has 0 aliphatic carbocycles. The van der Waals surface area contributed by atoms with Crippen molar-refractivity contribution >= 4 is 34.4 Å². The Bertz CT molecular complexity index is 1150. The zero-order valence-electron chi connectivity index (χ0n) is 14.5. The average molecular weight is 393 g/mol. The summed E-state index contributed by atoms with van der Waals surface area (Å²) in [5.74, 6) is -0.612. The predicted molar refractivity (Wildman–Crippen MR) is 107 cm³/mol. The molecule has 1 aromatic heterocycles. The third-order valence-corrected chi connectivity index (χ3v) is 4.33. The maximum atomic E-state index is 13.0. The molecule has 5 nitrogen and oxygen atoms in total. The van der Waals surface area contributed by atoms with Crippen molar-refractivity contribution < 1.29 is 9.18 Å². The van der Waals surface area contributed by atoms with Gasteiger partial charge in [-0.25, -0.2) is 14.4 Å². The fourth-order valence-electron chi connectivity index (χ4n) is 2.76. The van der Waals surface area contributed by atoms with Crippen LogP contribution in [0.3, 0.4) is 0 Å². The third-order valence-electron chi connectivity index (χ3n) is 4.10. The summed E-state index contributed by atoms with van der Waals surface area (Å²) in [5.41, 5.74) is 7.82. The molecule has 0 bridgehead atoms. The zero-order valence-corrected chi connectivity index (χ0v) is 15.2. The molecule has 2 N–H and O–H groups in total. The molecule has 0 fully saturated rings. The number of nitrogens with zero attached hydrogens (tertiary/aromatic N) is 2. The van der Waals surface area contributed by atoms with Gasteiger partial charge in [0.1, 0.15) is 5.82 Å². The molecular weight excluding hydrogens is 379 g/mol. The van der Waals surface area contributed by atoms with Crippen LogP contribution in [-0.4, -0.2) is 15.9 Å². The first-order valence-corrected chi connectivity index (χ1v) is 8.82. The minimum Gasteiger partial charge on any atom is -0.267 e. The van der Waals surface area contributed by atoms with Gasteiger partial charge in [-0.3, -0.25) is 15.6 Å². The van der Waals surface area contributed by atoms with Crippen molar-refractivity contribution in [2.24, 2.45) is 0 Å². The first kappa shape index (κ1) is 17.9. The van der Waals surface area contributed by atoms with Crippen molar-refractivity contribution in [3.8, 4) is 11.3 Å². The summed E-state index contributed by atoms with van der Waals surface area (Å²) in [5, 5.41) is 1.38. The molecule has 0 saturated carbocycles. The number of anilines is 1. The number of aromatic nitrogens is 2. The Labute approximate surface area is 165 Å². The number of halogens is 2. The molecule has 0 aliphatic heterocycles. The molecule has 0 atom stereocenters. The van der Waals surface area contributed by atoms with Gasteiger partial charge in [0.05, 0.1) is 11.2 Å². The Morgan fingerprint density at radius 2 is 1.68 bits per heavy atom. The van der Waals surface area contributed by atoms with E-state index in [4.69, 9.17) is 11.6 Å². The summed E-state index contributed by atoms with van der Waals surface area (Å²) >= 11 is 6.14. The standard InChI is InChI=1S/C21H14ClFN4O/c22-15-8-11-18-17(12-15)19(13-4-2-1-3-5-13)25-21(24-18)27-26-20(28)14-6-9-16(23)10-7-14/h1-12H,(H,26,28)(H,24,25,27). The van der Waals surface area contributed by atoms with Gasteiger partial charge in [0, 0.05) is 21.5 Å². The third kappa shape index (κ3) is 3.77. The van der Waals surface area contributed by atoms with E-state index < -0.39 is 11.7 Å². The average Bonchev–Trinajstić information content (AvgIpc) is 2.72. The molecule has 0 unspecified atom stereocenters. The normalized spacial score (nSPS) is 10.6. The zero-order chi connectivity index (χ0) is 19.5. The number of fused-ring (bicyclic) bond motifs is 1. The monoisotopic (exact) mass is 392 g/mol. The van der Waals surface area contributed by atoms with Crippen molar-refractivity contribution in [3.63, 3.8) is 0 Å². The molecule has 0 spiro atoms. The number of nitrogens with one attached hydrogen (secondary N) is 2. The second kappa shape index (κ2) is 7.62. The molecule has 28 heavy (non-hydrogen) atoms. The SMILES string of the molecule is O=C(NNc1nc(-c2ccccc2)c2cc(Cl)ccc2n1)c1ccc(F)cc1. The molecule has 0 aliphatic rings. The van der Waals surface area contributed by atoms with E-state index >= 15 is 0 Å². The Hall–Kier alpha value is -3.51. The maximum absolute atomic E-state index is 13.0. The van der Waals surface area contributed by atoms with E-state index in [1.807, 2.05) is 30.3 Å². The van der Waals surface area contributed by atoms with Crippen LogP contribution in [0, 0.1) is 5.82 Å². The lowest BCUT2D eigenvalue weighted by Crippen LogP contribution is -2.30. The van der Waals surface area contributed by atoms with Crippen LogP contribution in [0.15, 0.2) is 72.8 Å². The van der Waals surface area contributed by atoms with Crippen LogP contribution in [-0.2, 0) is 0 Å². The van der Waals surface area contributed by atoms with Gasteiger partial charge >= 0.3 is 0 Å². The van der Waals surface area contributed by atoms with Crippen LogP contribution < -0.4 is 10.9 Å². The minimum atomic E-state index is -0.430. The highest BCUT2D eigenvalue weighted by atomic mass is 35.5. The van der Waals surface area contributed by atoms with E-state index in [1.165, 1.54) is 24.3 Å². The summed E-state index contributed by atoms with van der Waals surface area (Å²) < 4.78 is 13.0.